The summed E-state index contributed by atoms with van der Waals surface area (Å²) in [5.41, 5.74) is -0.152. The third kappa shape index (κ3) is 5.87. The highest BCUT2D eigenvalue weighted by molar-refractivity contribution is 4.91. The number of rotatable bonds is 7. The lowest BCUT2D eigenvalue weighted by molar-refractivity contribution is 0.262. The van der Waals surface area contributed by atoms with Crippen molar-refractivity contribution in [3.8, 4) is 6.07 Å². The quantitative estimate of drug-likeness (QED) is 0.690. The smallest absolute Gasteiger partial charge is 0.0683 e. The number of nitrogens with one attached hydrogen (secondary N) is 1. The lowest BCUT2D eigenvalue weighted by atomic mass is 9.81. The molecule has 18 heavy (non-hydrogen) atoms. The summed E-state index contributed by atoms with van der Waals surface area (Å²) in [6.07, 6.45) is 9.17. The van der Waals surface area contributed by atoms with Crippen molar-refractivity contribution in [2.24, 2.45) is 17.3 Å². The predicted octanol–water partition coefficient (Wildman–Crippen LogP) is 4.12. The van der Waals surface area contributed by atoms with E-state index in [1.165, 1.54) is 38.6 Å². The van der Waals surface area contributed by atoms with Crippen LogP contribution in [-0.2, 0) is 0 Å². The summed E-state index contributed by atoms with van der Waals surface area (Å²) in [6.45, 7) is 8.63. The van der Waals surface area contributed by atoms with Gasteiger partial charge in [0, 0.05) is 0 Å². The number of hydrogen-bond acceptors (Lipinski definition) is 2. The van der Waals surface area contributed by atoms with E-state index in [9.17, 15) is 0 Å². The number of nitrogens with zero attached hydrogens (tertiary/aromatic N) is 1. The molecule has 0 aromatic heterocycles. The van der Waals surface area contributed by atoms with Crippen LogP contribution in [0, 0.1) is 28.6 Å². The van der Waals surface area contributed by atoms with Gasteiger partial charge in [0.05, 0.1) is 11.5 Å². The van der Waals surface area contributed by atoms with Crippen molar-refractivity contribution in [1.29, 1.82) is 5.26 Å². The Morgan fingerprint density at radius 1 is 1.17 bits per heavy atom. The SMILES string of the molecule is CCC1CCC(CNCCCC(C)(C)C#N)CC1. The van der Waals surface area contributed by atoms with Crippen LogP contribution < -0.4 is 5.32 Å². The minimum atomic E-state index is -0.152. The second kappa shape index (κ2) is 7.79. The molecule has 2 nitrogen and oxygen atoms in total. The molecule has 1 rings (SSSR count). The van der Waals surface area contributed by atoms with Crippen molar-refractivity contribution in [3.05, 3.63) is 0 Å². The fourth-order valence-electron chi connectivity index (χ4n) is 2.86. The Hall–Kier alpha value is -0.550. The van der Waals surface area contributed by atoms with Crippen LogP contribution in [0.15, 0.2) is 0 Å². The van der Waals surface area contributed by atoms with Crippen molar-refractivity contribution < 1.29 is 0 Å². The van der Waals surface area contributed by atoms with E-state index in [2.05, 4.69) is 18.3 Å². The van der Waals surface area contributed by atoms with Gasteiger partial charge >= 0.3 is 0 Å². The van der Waals surface area contributed by atoms with Gasteiger partial charge in [-0.2, -0.15) is 5.26 Å². The van der Waals surface area contributed by atoms with Crippen LogP contribution in [0.1, 0.15) is 65.7 Å². The standard InChI is InChI=1S/C16H30N2/c1-4-14-6-8-15(9-7-14)12-18-11-5-10-16(2,3)13-17/h14-15,18H,4-12H2,1-3H3. The Balaban J connectivity index is 2.01. The fourth-order valence-corrected chi connectivity index (χ4v) is 2.86. The van der Waals surface area contributed by atoms with Crippen LogP contribution in [-0.4, -0.2) is 13.1 Å². The normalized spacial score (nSPS) is 24.8. The average Bonchev–Trinajstić information content (AvgIpc) is 2.39. The minimum Gasteiger partial charge on any atom is -0.316 e. The summed E-state index contributed by atoms with van der Waals surface area (Å²) in [4.78, 5) is 0. The summed E-state index contributed by atoms with van der Waals surface area (Å²) < 4.78 is 0. The Bertz CT molecular complexity index is 257. The van der Waals surface area contributed by atoms with E-state index in [-0.39, 0.29) is 5.41 Å². The first-order valence-electron chi connectivity index (χ1n) is 7.69. The molecule has 2 heteroatoms. The highest BCUT2D eigenvalue weighted by Crippen LogP contribution is 2.30. The zero-order valence-electron chi connectivity index (χ0n) is 12.5. The van der Waals surface area contributed by atoms with Gasteiger partial charge in [0.15, 0.2) is 0 Å². The molecule has 0 aromatic carbocycles. The third-order valence-corrected chi connectivity index (χ3v) is 4.43. The average molecular weight is 250 g/mol. The highest BCUT2D eigenvalue weighted by Gasteiger charge is 2.19. The summed E-state index contributed by atoms with van der Waals surface area (Å²) >= 11 is 0. The lowest BCUT2D eigenvalue weighted by Gasteiger charge is -2.28. The maximum atomic E-state index is 8.93. The second-order valence-electron chi connectivity index (χ2n) is 6.60. The number of nitriles is 1. The van der Waals surface area contributed by atoms with Crippen LogP contribution in [0.4, 0.5) is 0 Å². The molecule has 1 aliphatic rings. The van der Waals surface area contributed by atoms with E-state index in [1.807, 2.05) is 13.8 Å². The van der Waals surface area contributed by atoms with Gasteiger partial charge in [0.25, 0.3) is 0 Å². The Morgan fingerprint density at radius 2 is 1.78 bits per heavy atom. The molecule has 0 spiro atoms. The first kappa shape index (κ1) is 15.5. The van der Waals surface area contributed by atoms with E-state index >= 15 is 0 Å². The molecule has 104 valence electrons. The summed E-state index contributed by atoms with van der Waals surface area (Å²) in [5.74, 6) is 1.90. The zero-order valence-corrected chi connectivity index (χ0v) is 12.5. The molecule has 0 heterocycles. The van der Waals surface area contributed by atoms with Gasteiger partial charge < -0.3 is 5.32 Å². The molecule has 1 N–H and O–H groups in total. The maximum Gasteiger partial charge on any atom is 0.0683 e. The van der Waals surface area contributed by atoms with E-state index in [0.29, 0.717) is 0 Å². The van der Waals surface area contributed by atoms with Crippen LogP contribution in [0.25, 0.3) is 0 Å². The second-order valence-corrected chi connectivity index (χ2v) is 6.60. The molecule has 1 saturated carbocycles. The molecule has 0 aromatic rings. The number of hydrogen-bond donors (Lipinski definition) is 1. The van der Waals surface area contributed by atoms with Crippen LogP contribution >= 0.6 is 0 Å². The molecule has 0 atom stereocenters. The van der Waals surface area contributed by atoms with Crippen molar-refractivity contribution in [1.82, 2.24) is 5.32 Å². The highest BCUT2D eigenvalue weighted by atomic mass is 14.9. The summed E-state index contributed by atoms with van der Waals surface area (Å²) in [6, 6.07) is 2.37. The Morgan fingerprint density at radius 3 is 2.33 bits per heavy atom. The van der Waals surface area contributed by atoms with E-state index in [1.54, 1.807) is 0 Å². The van der Waals surface area contributed by atoms with Crippen molar-refractivity contribution in [3.63, 3.8) is 0 Å². The van der Waals surface area contributed by atoms with Gasteiger partial charge in [-0.15, -0.1) is 0 Å². The largest absolute Gasteiger partial charge is 0.316 e. The molecular formula is C16H30N2. The van der Waals surface area contributed by atoms with E-state index in [4.69, 9.17) is 5.26 Å². The zero-order chi connectivity index (χ0) is 13.4. The summed E-state index contributed by atoms with van der Waals surface area (Å²) in [7, 11) is 0. The Kier molecular flexibility index (Phi) is 6.71. The van der Waals surface area contributed by atoms with Gasteiger partial charge in [0.2, 0.25) is 0 Å². The monoisotopic (exact) mass is 250 g/mol. The van der Waals surface area contributed by atoms with Gasteiger partial charge in [-0.3, -0.25) is 0 Å². The fraction of sp³-hybridized carbons (Fsp3) is 0.938. The van der Waals surface area contributed by atoms with Crippen LogP contribution in [0.5, 0.6) is 0 Å². The van der Waals surface area contributed by atoms with E-state index < -0.39 is 0 Å². The van der Waals surface area contributed by atoms with Gasteiger partial charge in [0.1, 0.15) is 0 Å². The van der Waals surface area contributed by atoms with Crippen LogP contribution in [0.2, 0.25) is 0 Å². The maximum absolute atomic E-state index is 8.93. The Labute approximate surface area is 113 Å². The summed E-state index contributed by atoms with van der Waals surface area (Å²) in [5, 5.41) is 12.5. The first-order chi connectivity index (χ1) is 8.57. The third-order valence-electron chi connectivity index (χ3n) is 4.43. The first-order valence-corrected chi connectivity index (χ1v) is 7.69. The lowest BCUT2D eigenvalue weighted by Crippen LogP contribution is -2.27. The van der Waals surface area contributed by atoms with Crippen molar-refractivity contribution in [2.45, 2.75) is 65.7 Å². The molecule has 0 radical (unpaired) electrons. The molecule has 1 fully saturated rings. The molecule has 0 bridgehead atoms. The van der Waals surface area contributed by atoms with Crippen molar-refractivity contribution in [2.75, 3.05) is 13.1 Å². The van der Waals surface area contributed by atoms with E-state index in [0.717, 1.165) is 31.2 Å². The van der Waals surface area contributed by atoms with Gasteiger partial charge in [-0.25, -0.2) is 0 Å². The molecular weight excluding hydrogens is 220 g/mol. The predicted molar refractivity (Wildman–Crippen MR) is 77.2 cm³/mol. The minimum absolute atomic E-state index is 0.152. The topological polar surface area (TPSA) is 35.8 Å². The molecule has 1 aliphatic carbocycles. The molecule has 0 amide bonds. The molecule has 0 unspecified atom stereocenters. The molecule has 0 saturated heterocycles. The van der Waals surface area contributed by atoms with Gasteiger partial charge in [-0.1, -0.05) is 26.2 Å². The molecule has 0 aliphatic heterocycles. The van der Waals surface area contributed by atoms with Crippen molar-refractivity contribution >= 4 is 0 Å². The van der Waals surface area contributed by atoms with Crippen LogP contribution in [0.3, 0.4) is 0 Å². The van der Waals surface area contributed by atoms with Gasteiger partial charge in [-0.05, 0) is 64.5 Å².